The van der Waals surface area contributed by atoms with Crippen molar-refractivity contribution in [3.63, 3.8) is 0 Å². The van der Waals surface area contributed by atoms with E-state index in [9.17, 15) is 18.4 Å². The van der Waals surface area contributed by atoms with Crippen molar-refractivity contribution in [1.29, 1.82) is 0 Å². The van der Waals surface area contributed by atoms with Crippen LogP contribution < -0.4 is 0 Å². The van der Waals surface area contributed by atoms with E-state index in [0.29, 0.717) is 0 Å². The molecule has 0 aromatic heterocycles. The zero-order valence-corrected chi connectivity index (χ0v) is 6.19. The molecule has 0 fully saturated rings. The highest BCUT2D eigenvalue weighted by Crippen LogP contribution is 2.17. The van der Waals surface area contributed by atoms with Crippen molar-refractivity contribution in [2.45, 2.75) is 19.3 Å². The first-order valence-corrected chi connectivity index (χ1v) is 2.96. The topological polar surface area (TPSA) is 43.4 Å². The molecule has 0 unspecified atom stereocenters. The quantitative estimate of drug-likeness (QED) is 0.459. The van der Waals surface area contributed by atoms with E-state index >= 15 is 0 Å². The van der Waals surface area contributed by atoms with Gasteiger partial charge in [-0.3, -0.25) is 4.79 Å². The maximum absolute atomic E-state index is 12.4. The van der Waals surface area contributed by atoms with Crippen LogP contribution in [0.2, 0.25) is 0 Å². The van der Waals surface area contributed by atoms with Crippen LogP contribution in [0, 0.1) is 0 Å². The first-order valence-electron chi connectivity index (χ1n) is 2.96. The molecule has 0 saturated heterocycles. The molecule has 0 aromatic rings. The predicted octanol–water partition coefficient (Wildman–Crippen LogP) is 0.774. The van der Waals surface area contributed by atoms with Gasteiger partial charge in [0.15, 0.2) is 0 Å². The molecule has 0 bridgehead atoms. The van der Waals surface area contributed by atoms with E-state index in [1.807, 2.05) is 0 Å². The van der Waals surface area contributed by atoms with Crippen LogP contribution in [0.5, 0.6) is 0 Å². The molecular weight excluding hydrogens is 158 g/mol. The number of rotatable bonds is 3. The van der Waals surface area contributed by atoms with E-state index in [0.717, 1.165) is 7.11 Å². The monoisotopic (exact) mass is 166 g/mol. The average molecular weight is 166 g/mol. The molecule has 0 radical (unpaired) electrons. The largest absolute Gasteiger partial charge is 0.464 e. The molecule has 0 aliphatic carbocycles. The van der Waals surface area contributed by atoms with Crippen molar-refractivity contribution in [3.8, 4) is 0 Å². The maximum Gasteiger partial charge on any atom is 0.399 e. The fourth-order valence-corrected chi connectivity index (χ4v) is 0.464. The Kier molecular flexibility index (Phi) is 3.10. The third kappa shape index (κ3) is 1.96. The number of halogens is 2. The van der Waals surface area contributed by atoms with Crippen molar-refractivity contribution in [1.82, 2.24) is 0 Å². The van der Waals surface area contributed by atoms with Gasteiger partial charge in [-0.25, -0.2) is 4.79 Å². The van der Waals surface area contributed by atoms with E-state index in [2.05, 4.69) is 4.74 Å². The van der Waals surface area contributed by atoms with E-state index < -0.39 is 17.7 Å². The number of Topliss-reactive ketones (excluding diaryl/α,β-unsaturated/α-hetero) is 1. The molecule has 11 heavy (non-hydrogen) atoms. The summed E-state index contributed by atoms with van der Waals surface area (Å²) in [6, 6.07) is 0. The summed E-state index contributed by atoms with van der Waals surface area (Å²) in [7, 11) is 0.805. The Morgan fingerprint density at radius 2 is 1.91 bits per heavy atom. The highest BCUT2D eigenvalue weighted by Gasteiger charge is 2.46. The van der Waals surface area contributed by atoms with Gasteiger partial charge >= 0.3 is 11.9 Å². The second-order valence-corrected chi connectivity index (χ2v) is 1.84. The molecule has 64 valence electrons. The number of hydrogen-bond acceptors (Lipinski definition) is 3. The predicted molar refractivity (Wildman–Crippen MR) is 32.3 cm³/mol. The van der Waals surface area contributed by atoms with Gasteiger partial charge in [-0.2, -0.15) is 8.78 Å². The average Bonchev–Trinajstić information content (AvgIpc) is 2.01. The zero-order valence-electron chi connectivity index (χ0n) is 6.19. The summed E-state index contributed by atoms with van der Waals surface area (Å²) < 4.78 is 28.5. The van der Waals surface area contributed by atoms with E-state index in [-0.39, 0.29) is 6.42 Å². The Labute approximate surface area is 62.3 Å². The molecule has 0 amide bonds. The number of ketones is 1. The number of carbonyl (C=O) groups is 2. The SMILES string of the molecule is CCC(=O)C(F)(F)C(=O)OC. The van der Waals surface area contributed by atoms with Crippen molar-refractivity contribution >= 4 is 11.8 Å². The van der Waals surface area contributed by atoms with Crippen LogP contribution >= 0.6 is 0 Å². The highest BCUT2D eigenvalue weighted by molar-refractivity contribution is 6.04. The third-order valence-electron chi connectivity index (χ3n) is 1.11. The summed E-state index contributed by atoms with van der Waals surface area (Å²) in [5.74, 6) is -7.21. The van der Waals surface area contributed by atoms with E-state index in [4.69, 9.17) is 0 Å². The fraction of sp³-hybridized carbons (Fsp3) is 0.667. The molecule has 0 aliphatic heterocycles. The van der Waals surface area contributed by atoms with Gasteiger partial charge in [0.25, 0.3) is 0 Å². The molecule has 0 saturated carbocycles. The number of methoxy groups -OCH3 is 1. The smallest absolute Gasteiger partial charge is 0.399 e. The van der Waals surface area contributed by atoms with Crippen LogP contribution in [0.15, 0.2) is 0 Å². The standard InChI is InChI=1S/C6H8F2O3/c1-3-4(9)6(7,8)5(10)11-2/h3H2,1-2H3. The summed E-state index contributed by atoms with van der Waals surface area (Å²) in [6.07, 6.45) is -0.387. The normalized spacial score (nSPS) is 10.9. The lowest BCUT2D eigenvalue weighted by atomic mass is 10.2. The van der Waals surface area contributed by atoms with Crippen LogP contribution in [-0.2, 0) is 14.3 Å². The van der Waals surface area contributed by atoms with Gasteiger partial charge in [0.1, 0.15) is 0 Å². The summed E-state index contributed by atoms with van der Waals surface area (Å²) >= 11 is 0. The lowest BCUT2D eigenvalue weighted by molar-refractivity contribution is -0.174. The van der Waals surface area contributed by atoms with Crippen molar-refractivity contribution in [2.75, 3.05) is 7.11 Å². The summed E-state index contributed by atoms with van der Waals surface area (Å²) in [4.78, 5) is 20.6. The van der Waals surface area contributed by atoms with Crippen LogP contribution in [0.4, 0.5) is 8.78 Å². The number of hydrogen-bond donors (Lipinski definition) is 0. The van der Waals surface area contributed by atoms with Crippen LogP contribution in [0.25, 0.3) is 0 Å². The first-order chi connectivity index (χ1) is 4.96. The minimum absolute atomic E-state index is 0.387. The Morgan fingerprint density at radius 3 is 2.18 bits per heavy atom. The van der Waals surface area contributed by atoms with Gasteiger partial charge in [0.05, 0.1) is 7.11 Å². The summed E-state index contributed by atoms with van der Waals surface area (Å²) in [5, 5.41) is 0. The Hall–Kier alpha value is -1.00. The van der Waals surface area contributed by atoms with E-state index in [1.165, 1.54) is 6.92 Å². The second kappa shape index (κ2) is 3.41. The van der Waals surface area contributed by atoms with Crippen LogP contribution in [-0.4, -0.2) is 24.8 Å². The lowest BCUT2D eigenvalue weighted by Gasteiger charge is -2.09. The third-order valence-corrected chi connectivity index (χ3v) is 1.11. The van der Waals surface area contributed by atoms with Gasteiger partial charge < -0.3 is 4.74 Å². The minimum Gasteiger partial charge on any atom is -0.464 e. The molecule has 0 atom stereocenters. The Morgan fingerprint density at radius 1 is 1.45 bits per heavy atom. The van der Waals surface area contributed by atoms with Crippen molar-refractivity contribution in [3.05, 3.63) is 0 Å². The molecule has 0 rings (SSSR count). The van der Waals surface area contributed by atoms with Crippen LogP contribution in [0.1, 0.15) is 13.3 Å². The first kappa shape index (κ1) is 10.0. The second-order valence-electron chi connectivity index (χ2n) is 1.84. The minimum atomic E-state index is -3.98. The van der Waals surface area contributed by atoms with E-state index in [1.54, 1.807) is 0 Å². The molecule has 0 spiro atoms. The fourth-order valence-electron chi connectivity index (χ4n) is 0.464. The maximum atomic E-state index is 12.4. The number of ether oxygens (including phenoxy) is 1. The summed E-state index contributed by atoms with van der Waals surface area (Å²) in [6.45, 7) is 1.25. The molecule has 3 nitrogen and oxygen atoms in total. The van der Waals surface area contributed by atoms with Crippen molar-refractivity contribution < 1.29 is 23.1 Å². The van der Waals surface area contributed by atoms with Crippen molar-refractivity contribution in [2.24, 2.45) is 0 Å². The lowest BCUT2D eigenvalue weighted by Crippen LogP contribution is -2.38. The van der Waals surface area contributed by atoms with Gasteiger partial charge in [-0.15, -0.1) is 0 Å². The molecular formula is C6H8F2O3. The molecule has 0 heterocycles. The molecule has 5 heteroatoms. The molecule has 0 aromatic carbocycles. The van der Waals surface area contributed by atoms with Crippen LogP contribution in [0.3, 0.4) is 0 Å². The molecule has 0 N–H and O–H groups in total. The summed E-state index contributed by atoms with van der Waals surface area (Å²) in [5.41, 5.74) is 0. The zero-order chi connectivity index (χ0) is 9.07. The Bertz CT molecular complexity index is 159. The molecule has 0 aliphatic rings. The van der Waals surface area contributed by atoms with Gasteiger partial charge in [-0.1, -0.05) is 6.92 Å². The number of alkyl halides is 2. The van der Waals surface area contributed by atoms with Gasteiger partial charge in [0, 0.05) is 6.42 Å². The highest BCUT2D eigenvalue weighted by atomic mass is 19.3. The number of esters is 1. The number of carbonyl (C=O) groups excluding carboxylic acids is 2. The van der Waals surface area contributed by atoms with Gasteiger partial charge in [0.2, 0.25) is 5.78 Å². The van der Waals surface area contributed by atoms with Gasteiger partial charge in [-0.05, 0) is 0 Å². The Balaban J connectivity index is 4.44.